The molecule has 11 heavy (non-hydrogen) atoms. The zero-order valence-corrected chi connectivity index (χ0v) is 5.63. The summed E-state index contributed by atoms with van der Waals surface area (Å²) in [7, 11) is 0. The van der Waals surface area contributed by atoms with Gasteiger partial charge in [0, 0.05) is 17.8 Å². The van der Waals surface area contributed by atoms with E-state index in [0.29, 0.717) is 11.8 Å². The molecule has 0 aliphatic rings. The minimum Gasteiger partial charge on any atom is -0.329 e. The number of carbonyl (C=O) groups is 1. The Labute approximate surface area is 63.1 Å². The van der Waals surface area contributed by atoms with Crippen LogP contribution < -0.4 is 5.56 Å². The predicted molar refractivity (Wildman–Crippen MR) is 40.0 cm³/mol. The van der Waals surface area contributed by atoms with E-state index >= 15 is 0 Å². The molecule has 0 saturated heterocycles. The number of hydrogen-bond donors (Lipinski definition) is 1. The zero-order valence-electron chi connectivity index (χ0n) is 5.63. The molecule has 0 aliphatic heterocycles. The minimum atomic E-state index is -0.220. The zero-order chi connectivity index (χ0) is 8.10. The van der Waals surface area contributed by atoms with Crippen molar-refractivity contribution in [2.24, 2.45) is 0 Å². The van der Waals surface area contributed by atoms with Gasteiger partial charge in [-0.2, -0.15) is 0 Å². The summed E-state index contributed by atoms with van der Waals surface area (Å²) in [6.45, 7) is 0. The average Bonchev–Trinajstić information content (AvgIpc) is 2.01. The normalized spacial score (nSPS) is 8.00. The van der Waals surface area contributed by atoms with Crippen molar-refractivity contribution in [1.82, 2.24) is 4.98 Å². The van der Waals surface area contributed by atoms with Crippen LogP contribution in [0.3, 0.4) is 0 Å². The van der Waals surface area contributed by atoms with Gasteiger partial charge in [-0.15, -0.1) is 0 Å². The summed E-state index contributed by atoms with van der Waals surface area (Å²) in [5, 5.41) is 0. The van der Waals surface area contributed by atoms with Gasteiger partial charge in [-0.05, 0) is 12.0 Å². The van der Waals surface area contributed by atoms with E-state index in [9.17, 15) is 9.59 Å². The molecular weight excluding hydrogens is 142 g/mol. The number of hydrogen-bond acceptors (Lipinski definition) is 2. The molecule has 0 bridgehead atoms. The smallest absolute Gasteiger partial charge is 0.249 e. The summed E-state index contributed by atoms with van der Waals surface area (Å²) in [5.74, 6) is 4.71. The SMILES string of the molecule is O=CC#Cc1cc[nH]c(=O)c1. The van der Waals surface area contributed by atoms with Crippen molar-refractivity contribution in [2.75, 3.05) is 0 Å². The van der Waals surface area contributed by atoms with Crippen molar-refractivity contribution in [1.29, 1.82) is 0 Å². The molecule has 3 nitrogen and oxygen atoms in total. The monoisotopic (exact) mass is 147 g/mol. The molecule has 1 aromatic heterocycles. The maximum atomic E-state index is 10.6. The molecule has 0 unspecified atom stereocenters. The first-order valence-electron chi connectivity index (χ1n) is 2.97. The van der Waals surface area contributed by atoms with Gasteiger partial charge in [-0.1, -0.05) is 5.92 Å². The summed E-state index contributed by atoms with van der Waals surface area (Å²) < 4.78 is 0. The summed E-state index contributed by atoms with van der Waals surface area (Å²) in [6.07, 6.45) is 1.97. The Hall–Kier alpha value is -1.82. The topological polar surface area (TPSA) is 49.9 Å². The van der Waals surface area contributed by atoms with E-state index in [4.69, 9.17) is 0 Å². The quantitative estimate of drug-likeness (QED) is 0.412. The van der Waals surface area contributed by atoms with Crippen LogP contribution in [0.2, 0.25) is 0 Å². The van der Waals surface area contributed by atoms with E-state index in [-0.39, 0.29) is 5.56 Å². The van der Waals surface area contributed by atoms with Crippen LogP contribution in [0.25, 0.3) is 0 Å². The predicted octanol–water partition coefficient (Wildman–Crippen LogP) is -0.0747. The summed E-state index contributed by atoms with van der Waals surface area (Å²) >= 11 is 0. The Bertz CT molecular complexity index is 367. The van der Waals surface area contributed by atoms with Crippen LogP contribution in [0.15, 0.2) is 23.1 Å². The molecule has 0 aromatic carbocycles. The molecule has 54 valence electrons. The van der Waals surface area contributed by atoms with E-state index in [1.54, 1.807) is 6.07 Å². The molecule has 0 radical (unpaired) electrons. The third-order valence-corrected chi connectivity index (χ3v) is 1.05. The Morgan fingerprint density at radius 3 is 3.00 bits per heavy atom. The minimum absolute atomic E-state index is 0.220. The van der Waals surface area contributed by atoms with Crippen molar-refractivity contribution in [2.45, 2.75) is 0 Å². The first-order chi connectivity index (χ1) is 5.33. The lowest BCUT2D eigenvalue weighted by atomic mass is 10.3. The van der Waals surface area contributed by atoms with Crippen molar-refractivity contribution in [3.8, 4) is 11.8 Å². The van der Waals surface area contributed by atoms with Gasteiger partial charge in [0.1, 0.15) is 0 Å². The lowest BCUT2D eigenvalue weighted by molar-refractivity contribution is -0.103. The fourth-order valence-corrected chi connectivity index (χ4v) is 0.635. The van der Waals surface area contributed by atoms with Gasteiger partial charge in [0.15, 0.2) is 6.29 Å². The number of nitrogens with one attached hydrogen (secondary N) is 1. The second-order valence-electron chi connectivity index (χ2n) is 1.83. The third-order valence-electron chi connectivity index (χ3n) is 1.05. The van der Waals surface area contributed by atoms with Gasteiger partial charge in [0.25, 0.3) is 0 Å². The van der Waals surface area contributed by atoms with Gasteiger partial charge in [-0.3, -0.25) is 9.59 Å². The van der Waals surface area contributed by atoms with Gasteiger partial charge < -0.3 is 4.98 Å². The molecule has 1 N–H and O–H groups in total. The highest BCUT2D eigenvalue weighted by Crippen LogP contribution is 1.86. The molecule has 1 aromatic rings. The summed E-state index contributed by atoms with van der Waals surface area (Å²) in [4.78, 5) is 22.9. The molecule has 1 rings (SSSR count). The summed E-state index contributed by atoms with van der Waals surface area (Å²) in [5.41, 5.74) is 0.323. The first kappa shape index (κ1) is 7.29. The largest absolute Gasteiger partial charge is 0.329 e. The van der Waals surface area contributed by atoms with Gasteiger partial charge in [0.2, 0.25) is 5.56 Å². The van der Waals surface area contributed by atoms with E-state index in [2.05, 4.69) is 16.8 Å². The number of pyridine rings is 1. The molecule has 1 heterocycles. The second kappa shape index (κ2) is 3.37. The Kier molecular flexibility index (Phi) is 2.24. The first-order valence-corrected chi connectivity index (χ1v) is 2.97. The lowest BCUT2D eigenvalue weighted by Gasteiger charge is -1.84. The Morgan fingerprint density at radius 2 is 2.36 bits per heavy atom. The van der Waals surface area contributed by atoms with E-state index in [1.807, 2.05) is 0 Å². The molecule has 0 aliphatic carbocycles. The van der Waals surface area contributed by atoms with Crippen LogP contribution in [0.5, 0.6) is 0 Å². The van der Waals surface area contributed by atoms with Crippen LogP contribution in [0.1, 0.15) is 5.56 Å². The van der Waals surface area contributed by atoms with Crippen LogP contribution in [-0.4, -0.2) is 11.3 Å². The van der Waals surface area contributed by atoms with Crippen LogP contribution in [0, 0.1) is 11.8 Å². The van der Waals surface area contributed by atoms with E-state index < -0.39 is 0 Å². The number of carbonyl (C=O) groups excluding carboxylic acids is 1. The third kappa shape index (κ3) is 2.11. The highest BCUT2D eigenvalue weighted by molar-refractivity contribution is 5.73. The van der Waals surface area contributed by atoms with Gasteiger partial charge in [0.05, 0.1) is 0 Å². The van der Waals surface area contributed by atoms with Crippen molar-refractivity contribution in [3.05, 3.63) is 34.2 Å². The average molecular weight is 147 g/mol. The number of aromatic amines is 1. The molecule has 0 amide bonds. The Morgan fingerprint density at radius 1 is 1.55 bits per heavy atom. The van der Waals surface area contributed by atoms with Crippen LogP contribution >= 0.6 is 0 Å². The molecule has 0 atom stereocenters. The van der Waals surface area contributed by atoms with E-state index in [1.165, 1.54) is 12.3 Å². The molecular formula is C8H5NO2. The highest BCUT2D eigenvalue weighted by atomic mass is 16.1. The van der Waals surface area contributed by atoms with Crippen LogP contribution in [0.4, 0.5) is 0 Å². The maximum absolute atomic E-state index is 10.6. The van der Waals surface area contributed by atoms with Crippen molar-refractivity contribution >= 4 is 6.29 Å². The maximum Gasteiger partial charge on any atom is 0.249 e. The van der Waals surface area contributed by atoms with Crippen molar-refractivity contribution in [3.63, 3.8) is 0 Å². The summed E-state index contributed by atoms with van der Waals surface area (Å²) in [6, 6.07) is 2.95. The number of aldehydes is 1. The fourth-order valence-electron chi connectivity index (χ4n) is 0.635. The number of aromatic nitrogens is 1. The highest BCUT2D eigenvalue weighted by Gasteiger charge is 1.84. The van der Waals surface area contributed by atoms with Gasteiger partial charge >= 0.3 is 0 Å². The molecule has 0 spiro atoms. The fraction of sp³-hybridized carbons (Fsp3) is 0. The number of H-pyrrole nitrogens is 1. The molecule has 3 heteroatoms. The van der Waals surface area contributed by atoms with E-state index in [0.717, 1.165) is 0 Å². The van der Waals surface area contributed by atoms with Crippen molar-refractivity contribution < 1.29 is 4.79 Å². The van der Waals surface area contributed by atoms with Gasteiger partial charge in [-0.25, -0.2) is 0 Å². The standard InChI is InChI=1S/C8H5NO2/c10-5-1-2-7-3-4-9-8(11)6-7/h3-6H,(H,9,11). The molecule has 0 fully saturated rings. The lowest BCUT2D eigenvalue weighted by Crippen LogP contribution is -2.02. The molecule has 0 saturated carbocycles. The Balaban J connectivity index is 3.06. The second-order valence-corrected chi connectivity index (χ2v) is 1.83. The van der Waals surface area contributed by atoms with Crippen LogP contribution in [-0.2, 0) is 4.79 Å². The number of rotatable bonds is 0.